The second kappa shape index (κ2) is 6.03. The summed E-state index contributed by atoms with van der Waals surface area (Å²) in [6.45, 7) is 7.62. The van der Waals surface area contributed by atoms with Crippen LogP contribution in [0.4, 0.5) is 0 Å². The third kappa shape index (κ3) is 4.75. The predicted octanol–water partition coefficient (Wildman–Crippen LogP) is 3.08. The van der Waals surface area contributed by atoms with Gasteiger partial charge in [-0.15, -0.1) is 12.4 Å². The van der Waals surface area contributed by atoms with E-state index >= 15 is 0 Å². The molecule has 96 valence electrons. The number of esters is 1. The van der Waals surface area contributed by atoms with E-state index in [4.69, 9.17) is 10.5 Å². The highest BCUT2D eigenvalue weighted by molar-refractivity contribution is 5.85. The second-order valence-electron chi connectivity index (χ2n) is 5.01. The van der Waals surface area contributed by atoms with E-state index in [9.17, 15) is 4.79 Å². The molecular weight excluding hydrogens is 238 g/mol. The largest absolute Gasteiger partial charge is 0.427 e. The quantitative estimate of drug-likeness (QED) is 0.654. The Morgan fingerprint density at radius 3 is 2.41 bits per heavy atom. The lowest BCUT2D eigenvalue weighted by Gasteiger charge is -2.27. The molecule has 4 heteroatoms. The lowest BCUT2D eigenvalue weighted by molar-refractivity contribution is -0.131. The standard InChI is InChI=1S/C13H19NO2.ClH/c1-9(15)16-11-7-5-6-10(8-11)12(14)13(2,3)4;/h5-8,12H,14H2,1-4H3;1H/t12-;/m1./s1. The monoisotopic (exact) mass is 257 g/mol. The lowest BCUT2D eigenvalue weighted by atomic mass is 9.83. The molecule has 0 radical (unpaired) electrons. The van der Waals surface area contributed by atoms with Gasteiger partial charge in [0.15, 0.2) is 0 Å². The minimum atomic E-state index is -0.318. The van der Waals surface area contributed by atoms with Crippen LogP contribution >= 0.6 is 12.4 Å². The summed E-state index contributed by atoms with van der Waals surface area (Å²) in [5.41, 5.74) is 7.09. The van der Waals surface area contributed by atoms with Gasteiger partial charge in [0.05, 0.1) is 0 Å². The van der Waals surface area contributed by atoms with Gasteiger partial charge in [-0.1, -0.05) is 32.9 Å². The number of hydrogen-bond donors (Lipinski definition) is 1. The van der Waals surface area contributed by atoms with Crippen molar-refractivity contribution in [3.05, 3.63) is 29.8 Å². The van der Waals surface area contributed by atoms with E-state index in [1.54, 1.807) is 6.07 Å². The summed E-state index contributed by atoms with van der Waals surface area (Å²) in [4.78, 5) is 10.8. The van der Waals surface area contributed by atoms with Crippen molar-refractivity contribution in [2.45, 2.75) is 33.7 Å². The maximum absolute atomic E-state index is 10.8. The Balaban J connectivity index is 0.00000256. The Morgan fingerprint density at radius 2 is 1.94 bits per heavy atom. The molecule has 1 aromatic rings. The number of hydrogen-bond acceptors (Lipinski definition) is 3. The van der Waals surface area contributed by atoms with E-state index in [2.05, 4.69) is 20.8 Å². The molecule has 17 heavy (non-hydrogen) atoms. The number of halogens is 1. The van der Waals surface area contributed by atoms with Gasteiger partial charge in [0, 0.05) is 13.0 Å². The first-order valence-corrected chi connectivity index (χ1v) is 5.34. The third-order valence-electron chi connectivity index (χ3n) is 2.41. The Labute approximate surface area is 109 Å². The fraction of sp³-hybridized carbons (Fsp3) is 0.462. The van der Waals surface area contributed by atoms with E-state index < -0.39 is 0 Å². The van der Waals surface area contributed by atoms with Crippen LogP contribution in [0.5, 0.6) is 5.75 Å². The molecule has 0 unspecified atom stereocenters. The van der Waals surface area contributed by atoms with Gasteiger partial charge in [-0.25, -0.2) is 0 Å². The molecule has 0 saturated heterocycles. The molecule has 0 bridgehead atoms. The van der Waals surface area contributed by atoms with Crippen molar-refractivity contribution >= 4 is 18.4 Å². The smallest absolute Gasteiger partial charge is 0.308 e. The third-order valence-corrected chi connectivity index (χ3v) is 2.41. The molecule has 1 atom stereocenters. The molecule has 0 aliphatic heterocycles. The minimum absolute atomic E-state index is 0. The normalized spacial score (nSPS) is 12.5. The number of carbonyl (C=O) groups is 1. The molecule has 0 amide bonds. The van der Waals surface area contributed by atoms with Gasteiger partial charge in [-0.2, -0.15) is 0 Å². The summed E-state index contributed by atoms with van der Waals surface area (Å²) in [5.74, 6) is 0.228. The summed E-state index contributed by atoms with van der Waals surface area (Å²) < 4.78 is 5.02. The molecule has 0 fully saturated rings. The Kier molecular flexibility index (Phi) is 5.66. The van der Waals surface area contributed by atoms with E-state index in [-0.39, 0.29) is 29.8 Å². The molecule has 1 aromatic carbocycles. The summed E-state index contributed by atoms with van der Waals surface area (Å²) in [7, 11) is 0. The highest BCUT2D eigenvalue weighted by Gasteiger charge is 2.22. The molecule has 0 spiro atoms. The first-order valence-electron chi connectivity index (χ1n) is 5.34. The topological polar surface area (TPSA) is 52.3 Å². The number of nitrogens with two attached hydrogens (primary N) is 1. The van der Waals surface area contributed by atoms with Crippen LogP contribution in [0.2, 0.25) is 0 Å². The van der Waals surface area contributed by atoms with Gasteiger partial charge >= 0.3 is 5.97 Å². The zero-order valence-electron chi connectivity index (χ0n) is 10.7. The van der Waals surface area contributed by atoms with E-state index in [0.29, 0.717) is 5.75 Å². The zero-order valence-corrected chi connectivity index (χ0v) is 11.5. The molecule has 0 aliphatic carbocycles. The van der Waals surface area contributed by atoms with Crippen molar-refractivity contribution in [2.75, 3.05) is 0 Å². The van der Waals surface area contributed by atoms with E-state index in [0.717, 1.165) is 5.56 Å². The molecular formula is C13H20ClNO2. The van der Waals surface area contributed by atoms with Gasteiger partial charge in [0.2, 0.25) is 0 Å². The highest BCUT2D eigenvalue weighted by Crippen LogP contribution is 2.31. The predicted molar refractivity (Wildman–Crippen MR) is 71.4 cm³/mol. The average Bonchev–Trinajstić information content (AvgIpc) is 2.14. The van der Waals surface area contributed by atoms with E-state index in [1.807, 2.05) is 18.2 Å². The average molecular weight is 258 g/mol. The number of benzene rings is 1. The van der Waals surface area contributed by atoms with Crippen LogP contribution < -0.4 is 10.5 Å². The molecule has 0 aromatic heterocycles. The van der Waals surface area contributed by atoms with Crippen molar-refractivity contribution in [1.82, 2.24) is 0 Å². The molecule has 0 saturated carbocycles. The summed E-state index contributed by atoms with van der Waals surface area (Å²) in [6, 6.07) is 7.28. The molecule has 2 N–H and O–H groups in total. The lowest BCUT2D eigenvalue weighted by Crippen LogP contribution is -2.26. The Morgan fingerprint density at radius 1 is 1.35 bits per heavy atom. The Bertz CT molecular complexity index is 385. The van der Waals surface area contributed by atoms with Crippen LogP contribution in [0.25, 0.3) is 0 Å². The summed E-state index contributed by atoms with van der Waals surface area (Å²) in [6.07, 6.45) is 0. The van der Waals surface area contributed by atoms with Crippen LogP contribution in [0.3, 0.4) is 0 Å². The maximum atomic E-state index is 10.8. The summed E-state index contributed by atoms with van der Waals surface area (Å²) in [5, 5.41) is 0. The van der Waals surface area contributed by atoms with Crippen LogP contribution in [0, 0.1) is 5.41 Å². The fourth-order valence-electron chi connectivity index (χ4n) is 1.44. The van der Waals surface area contributed by atoms with Crippen molar-refractivity contribution in [2.24, 2.45) is 11.1 Å². The maximum Gasteiger partial charge on any atom is 0.308 e. The SMILES string of the molecule is CC(=O)Oc1cccc([C@@H](N)C(C)(C)C)c1.Cl. The summed E-state index contributed by atoms with van der Waals surface area (Å²) >= 11 is 0. The van der Waals surface area contributed by atoms with Gasteiger partial charge in [-0.05, 0) is 23.1 Å². The van der Waals surface area contributed by atoms with Crippen molar-refractivity contribution in [1.29, 1.82) is 0 Å². The minimum Gasteiger partial charge on any atom is -0.427 e. The van der Waals surface area contributed by atoms with Crippen molar-refractivity contribution < 1.29 is 9.53 Å². The Hall–Kier alpha value is -1.06. The van der Waals surface area contributed by atoms with Crippen LogP contribution in [0.15, 0.2) is 24.3 Å². The highest BCUT2D eigenvalue weighted by atomic mass is 35.5. The van der Waals surface area contributed by atoms with Crippen molar-refractivity contribution in [3.8, 4) is 5.75 Å². The van der Waals surface area contributed by atoms with Crippen LogP contribution in [-0.4, -0.2) is 5.97 Å². The van der Waals surface area contributed by atoms with Crippen LogP contribution in [0.1, 0.15) is 39.3 Å². The molecule has 1 rings (SSSR count). The zero-order chi connectivity index (χ0) is 12.3. The van der Waals surface area contributed by atoms with Gasteiger partial charge in [0.25, 0.3) is 0 Å². The van der Waals surface area contributed by atoms with Crippen LogP contribution in [-0.2, 0) is 4.79 Å². The van der Waals surface area contributed by atoms with Gasteiger partial charge in [0.1, 0.15) is 5.75 Å². The first kappa shape index (κ1) is 15.9. The number of ether oxygens (including phenoxy) is 1. The second-order valence-corrected chi connectivity index (χ2v) is 5.01. The van der Waals surface area contributed by atoms with E-state index in [1.165, 1.54) is 6.92 Å². The van der Waals surface area contributed by atoms with Crippen molar-refractivity contribution in [3.63, 3.8) is 0 Å². The molecule has 0 aliphatic rings. The van der Waals surface area contributed by atoms with Gasteiger partial charge < -0.3 is 10.5 Å². The first-order chi connectivity index (χ1) is 7.30. The van der Waals surface area contributed by atoms with Gasteiger partial charge in [-0.3, -0.25) is 4.79 Å². The number of rotatable bonds is 2. The molecule has 0 heterocycles. The number of carbonyl (C=O) groups excluding carboxylic acids is 1. The molecule has 3 nitrogen and oxygen atoms in total. The fourth-order valence-corrected chi connectivity index (χ4v) is 1.44.